The minimum atomic E-state index is -0.508. The summed E-state index contributed by atoms with van der Waals surface area (Å²) in [5.74, 6) is -0.175. The number of amides is 2. The Balaban J connectivity index is 1.44. The van der Waals surface area contributed by atoms with Gasteiger partial charge in [-0.15, -0.1) is 0 Å². The molecule has 29 heavy (non-hydrogen) atoms. The molecule has 0 radical (unpaired) electrons. The molecule has 0 saturated carbocycles. The van der Waals surface area contributed by atoms with Gasteiger partial charge in [-0.1, -0.05) is 18.2 Å². The highest BCUT2D eigenvalue weighted by Crippen LogP contribution is 2.20. The molecular formula is C21H19N5O3. The fourth-order valence-electron chi connectivity index (χ4n) is 3.09. The Kier molecular flexibility index (Phi) is 4.74. The molecule has 0 atom stereocenters. The van der Waals surface area contributed by atoms with E-state index in [1.165, 1.54) is 0 Å². The highest BCUT2D eigenvalue weighted by molar-refractivity contribution is 6.07. The van der Waals surface area contributed by atoms with E-state index in [4.69, 9.17) is 4.74 Å². The second-order valence-corrected chi connectivity index (χ2v) is 6.42. The van der Waals surface area contributed by atoms with Gasteiger partial charge in [0.1, 0.15) is 5.75 Å². The summed E-state index contributed by atoms with van der Waals surface area (Å²) in [6.07, 6.45) is 3.40. The van der Waals surface area contributed by atoms with Gasteiger partial charge in [-0.3, -0.25) is 20.4 Å². The van der Waals surface area contributed by atoms with Crippen molar-refractivity contribution < 1.29 is 14.3 Å². The first kappa shape index (κ1) is 18.3. The van der Waals surface area contributed by atoms with Crippen LogP contribution in [0.2, 0.25) is 0 Å². The summed E-state index contributed by atoms with van der Waals surface area (Å²) in [6.45, 7) is 0. The van der Waals surface area contributed by atoms with E-state index in [0.717, 1.165) is 22.3 Å². The number of methoxy groups -OCH3 is 1. The van der Waals surface area contributed by atoms with Gasteiger partial charge in [-0.05, 0) is 36.4 Å². The van der Waals surface area contributed by atoms with Crippen LogP contribution in [0.4, 0.5) is 0 Å². The van der Waals surface area contributed by atoms with E-state index in [9.17, 15) is 9.59 Å². The zero-order valence-corrected chi connectivity index (χ0v) is 15.9. The van der Waals surface area contributed by atoms with Crippen LogP contribution < -0.4 is 15.6 Å². The first-order chi connectivity index (χ1) is 14.1. The zero-order chi connectivity index (χ0) is 20.4. The molecule has 0 bridgehead atoms. The van der Waals surface area contributed by atoms with Crippen molar-refractivity contribution in [1.82, 2.24) is 25.2 Å². The second-order valence-electron chi connectivity index (χ2n) is 6.42. The zero-order valence-electron chi connectivity index (χ0n) is 15.9. The molecule has 0 aliphatic heterocycles. The number of carbonyl (C=O) groups excluding carboxylic acids is 2. The molecule has 0 aliphatic carbocycles. The Bertz CT molecular complexity index is 1190. The van der Waals surface area contributed by atoms with Crippen LogP contribution in [-0.2, 0) is 7.05 Å². The van der Waals surface area contributed by atoms with Crippen LogP contribution in [0.5, 0.6) is 5.75 Å². The molecule has 8 heteroatoms. The summed E-state index contributed by atoms with van der Waals surface area (Å²) in [5.41, 5.74) is 7.23. The van der Waals surface area contributed by atoms with Crippen LogP contribution in [0.1, 0.15) is 20.8 Å². The van der Waals surface area contributed by atoms with Crippen LogP contribution in [0, 0.1) is 0 Å². The van der Waals surface area contributed by atoms with E-state index in [2.05, 4.69) is 16.0 Å². The second kappa shape index (κ2) is 7.51. The number of hydrogen-bond acceptors (Lipinski definition) is 4. The molecule has 2 amide bonds. The van der Waals surface area contributed by atoms with Gasteiger partial charge >= 0.3 is 0 Å². The fraction of sp³-hybridized carbons (Fsp3) is 0.0952. The Morgan fingerprint density at radius 1 is 0.966 bits per heavy atom. The van der Waals surface area contributed by atoms with E-state index >= 15 is 0 Å². The first-order valence-electron chi connectivity index (χ1n) is 8.91. The van der Waals surface area contributed by atoms with Crippen LogP contribution in [0.15, 0.2) is 67.0 Å². The predicted octanol–water partition coefficient (Wildman–Crippen LogP) is 2.45. The lowest BCUT2D eigenvalue weighted by molar-refractivity contribution is 0.0844. The molecule has 2 aromatic carbocycles. The molecule has 2 heterocycles. The van der Waals surface area contributed by atoms with Crippen LogP contribution in [-0.4, -0.2) is 33.3 Å². The van der Waals surface area contributed by atoms with E-state index < -0.39 is 11.8 Å². The third kappa shape index (κ3) is 3.55. The highest BCUT2D eigenvalue weighted by Gasteiger charge is 2.16. The van der Waals surface area contributed by atoms with Gasteiger partial charge in [-0.2, -0.15) is 5.10 Å². The molecular weight excluding hydrogens is 370 g/mol. The number of hydrazine groups is 1. The van der Waals surface area contributed by atoms with Crippen molar-refractivity contribution in [3.8, 4) is 11.4 Å². The molecule has 0 aliphatic rings. The van der Waals surface area contributed by atoms with Gasteiger partial charge in [0.15, 0.2) is 5.69 Å². The number of aromatic nitrogens is 3. The number of ether oxygens (including phenoxy) is 1. The molecule has 146 valence electrons. The molecule has 2 aromatic heterocycles. The molecule has 4 rings (SSSR count). The average Bonchev–Trinajstić information content (AvgIpc) is 3.38. The van der Waals surface area contributed by atoms with Gasteiger partial charge in [0.25, 0.3) is 11.8 Å². The van der Waals surface area contributed by atoms with Gasteiger partial charge in [-0.25, -0.2) is 4.68 Å². The van der Waals surface area contributed by atoms with Crippen LogP contribution in [0.3, 0.4) is 0 Å². The molecule has 4 aromatic rings. The number of benzene rings is 2. The number of hydrogen-bond donors (Lipinski definition) is 2. The first-order valence-corrected chi connectivity index (χ1v) is 8.91. The van der Waals surface area contributed by atoms with Gasteiger partial charge in [0, 0.05) is 30.3 Å². The Labute approximate surface area is 166 Å². The average molecular weight is 389 g/mol. The lowest BCUT2D eigenvalue weighted by Gasteiger charge is -2.05. The Morgan fingerprint density at radius 2 is 1.69 bits per heavy atom. The quantitative estimate of drug-likeness (QED) is 0.525. The number of fused-ring (bicyclic) bond motifs is 1. The monoisotopic (exact) mass is 389 g/mol. The summed E-state index contributed by atoms with van der Waals surface area (Å²) >= 11 is 0. The maximum Gasteiger partial charge on any atom is 0.290 e. The molecule has 0 unspecified atom stereocenters. The largest absolute Gasteiger partial charge is 0.497 e. The lowest BCUT2D eigenvalue weighted by atomic mass is 10.2. The number of carbonyl (C=O) groups is 2. The number of para-hydroxylation sites is 1. The third-order valence-electron chi connectivity index (χ3n) is 4.59. The maximum absolute atomic E-state index is 12.5. The minimum Gasteiger partial charge on any atom is -0.497 e. The van der Waals surface area contributed by atoms with Crippen molar-refractivity contribution in [2.45, 2.75) is 0 Å². The Morgan fingerprint density at radius 3 is 2.45 bits per heavy atom. The summed E-state index contributed by atoms with van der Waals surface area (Å²) < 4.78 is 8.57. The van der Waals surface area contributed by atoms with Crippen LogP contribution >= 0.6 is 0 Å². The van der Waals surface area contributed by atoms with E-state index in [1.54, 1.807) is 42.4 Å². The van der Waals surface area contributed by atoms with Crippen molar-refractivity contribution in [2.24, 2.45) is 7.05 Å². The SMILES string of the molecule is COc1ccc(-n2ccc(C(=O)NNC(=O)c3cn(C)c4ccccc34)n2)cc1. The van der Waals surface area contributed by atoms with E-state index in [-0.39, 0.29) is 5.69 Å². The smallest absolute Gasteiger partial charge is 0.290 e. The van der Waals surface area contributed by atoms with Crippen molar-refractivity contribution >= 4 is 22.7 Å². The van der Waals surface area contributed by atoms with Crippen molar-refractivity contribution in [2.75, 3.05) is 7.11 Å². The fourth-order valence-corrected chi connectivity index (χ4v) is 3.09. The van der Waals surface area contributed by atoms with Crippen molar-refractivity contribution in [1.29, 1.82) is 0 Å². The summed E-state index contributed by atoms with van der Waals surface area (Å²) in [5, 5.41) is 5.06. The minimum absolute atomic E-state index is 0.180. The molecule has 0 saturated heterocycles. The standard InChI is InChI=1S/C21H19N5O3/c1-25-13-17(16-5-3-4-6-19(16)25)20(27)22-23-21(28)18-11-12-26(24-18)14-7-9-15(29-2)10-8-14/h3-13H,1-2H3,(H,22,27)(H,23,28). The van der Waals surface area contributed by atoms with E-state index in [1.807, 2.05) is 48.0 Å². The number of aryl methyl sites for hydroxylation is 1. The molecule has 8 nitrogen and oxygen atoms in total. The molecule has 0 spiro atoms. The van der Waals surface area contributed by atoms with Crippen molar-refractivity contribution in [3.63, 3.8) is 0 Å². The van der Waals surface area contributed by atoms with E-state index in [0.29, 0.717) is 5.56 Å². The topological polar surface area (TPSA) is 90.2 Å². The van der Waals surface area contributed by atoms with Crippen molar-refractivity contribution in [3.05, 3.63) is 78.2 Å². The molecule has 0 fully saturated rings. The summed E-state index contributed by atoms with van der Waals surface area (Å²) in [7, 11) is 3.46. The molecule has 2 N–H and O–H groups in total. The number of rotatable bonds is 4. The number of nitrogens with zero attached hydrogens (tertiary/aromatic N) is 3. The Hall–Kier alpha value is -4.07. The normalized spacial score (nSPS) is 10.7. The lowest BCUT2D eigenvalue weighted by Crippen LogP contribution is -2.41. The van der Waals surface area contributed by atoms with Gasteiger partial charge in [0.2, 0.25) is 0 Å². The third-order valence-corrected chi connectivity index (χ3v) is 4.59. The predicted molar refractivity (Wildman–Crippen MR) is 108 cm³/mol. The maximum atomic E-state index is 12.5. The van der Waals surface area contributed by atoms with Crippen LogP contribution in [0.25, 0.3) is 16.6 Å². The highest BCUT2D eigenvalue weighted by atomic mass is 16.5. The van der Waals surface area contributed by atoms with Gasteiger partial charge < -0.3 is 9.30 Å². The summed E-state index contributed by atoms with van der Waals surface area (Å²) in [6, 6.07) is 16.4. The van der Waals surface area contributed by atoms with Gasteiger partial charge in [0.05, 0.1) is 18.4 Å². The number of nitrogens with one attached hydrogen (secondary N) is 2. The summed E-state index contributed by atoms with van der Waals surface area (Å²) in [4.78, 5) is 24.9.